The van der Waals surface area contributed by atoms with E-state index in [0.717, 1.165) is 37.6 Å². The first kappa shape index (κ1) is 22.7. The Morgan fingerprint density at radius 3 is 2.61 bits per heavy atom. The zero-order valence-electron chi connectivity index (χ0n) is 17.0. The molecule has 0 aliphatic carbocycles. The lowest BCUT2D eigenvalue weighted by Crippen LogP contribution is -2.16. The average Bonchev–Trinajstić information content (AvgIpc) is 2.74. The van der Waals surface area contributed by atoms with Crippen LogP contribution in [0, 0.1) is 11.8 Å². The SMILES string of the molecule is COc1c(F)cc2cc1NS(=O)(=O)c1cc(cc(Cl)c1O)C(=O)OC(C)c1cc(F)ncc1-2. The fourth-order valence-corrected chi connectivity index (χ4v) is 4.92. The topological polar surface area (TPSA) is 115 Å². The summed E-state index contributed by atoms with van der Waals surface area (Å²) in [5, 5.41) is 9.83. The van der Waals surface area contributed by atoms with E-state index in [1.165, 1.54) is 13.0 Å². The van der Waals surface area contributed by atoms with Gasteiger partial charge in [0.25, 0.3) is 10.0 Å². The van der Waals surface area contributed by atoms with Gasteiger partial charge in [-0.3, -0.25) is 4.72 Å². The zero-order valence-corrected chi connectivity index (χ0v) is 18.6. The van der Waals surface area contributed by atoms with Gasteiger partial charge in [-0.2, -0.15) is 4.39 Å². The van der Waals surface area contributed by atoms with Crippen molar-refractivity contribution in [1.82, 2.24) is 4.98 Å². The van der Waals surface area contributed by atoms with Gasteiger partial charge in [-0.25, -0.2) is 22.6 Å². The van der Waals surface area contributed by atoms with Crippen LogP contribution >= 0.6 is 11.6 Å². The summed E-state index contributed by atoms with van der Waals surface area (Å²) in [7, 11) is -3.46. The standard InChI is InChI=1S/C21H15ClF2N2O6S/c1-9-12-7-18(24)25-8-13(12)10-4-15(23)20(31-2)16(5-10)26-33(29,30)17-6-11(21(28)32-9)3-14(22)19(17)27/h3-9,26-27H,1-2H3. The van der Waals surface area contributed by atoms with Crippen molar-refractivity contribution in [2.75, 3.05) is 11.8 Å². The number of aromatic hydroxyl groups is 1. The van der Waals surface area contributed by atoms with E-state index in [0.29, 0.717) is 0 Å². The summed E-state index contributed by atoms with van der Waals surface area (Å²) in [6.07, 6.45) is 0.0525. The number of nitrogens with one attached hydrogen (secondary N) is 1. The van der Waals surface area contributed by atoms with Crippen molar-refractivity contribution in [3.8, 4) is 22.6 Å². The molecule has 4 rings (SSSR count). The van der Waals surface area contributed by atoms with Gasteiger partial charge in [-0.15, -0.1) is 0 Å². The lowest BCUT2D eigenvalue weighted by molar-refractivity contribution is 0.0337. The summed E-state index contributed by atoms with van der Waals surface area (Å²) in [5.41, 5.74) is -0.165. The van der Waals surface area contributed by atoms with Gasteiger partial charge >= 0.3 is 5.97 Å². The number of methoxy groups -OCH3 is 1. The number of anilines is 1. The van der Waals surface area contributed by atoms with Crippen molar-refractivity contribution >= 4 is 33.3 Å². The molecule has 0 fully saturated rings. The Balaban J connectivity index is 2.07. The van der Waals surface area contributed by atoms with Crippen molar-refractivity contribution in [2.45, 2.75) is 17.9 Å². The Hall–Kier alpha value is -3.44. The van der Waals surface area contributed by atoms with Crippen LogP contribution < -0.4 is 9.46 Å². The van der Waals surface area contributed by atoms with E-state index < -0.39 is 55.3 Å². The molecule has 0 amide bonds. The summed E-state index contributed by atoms with van der Waals surface area (Å²) in [5.74, 6) is -4.05. The van der Waals surface area contributed by atoms with Gasteiger partial charge in [0.05, 0.1) is 23.4 Å². The average molecular weight is 497 g/mol. The second kappa shape index (κ2) is 8.16. The maximum atomic E-state index is 14.9. The lowest BCUT2D eigenvalue weighted by Gasteiger charge is -2.18. The van der Waals surface area contributed by atoms with Gasteiger partial charge < -0.3 is 14.6 Å². The van der Waals surface area contributed by atoms with Crippen LogP contribution in [0.1, 0.15) is 28.9 Å². The minimum absolute atomic E-state index is 0.101. The maximum absolute atomic E-state index is 14.9. The Morgan fingerprint density at radius 2 is 1.91 bits per heavy atom. The van der Waals surface area contributed by atoms with E-state index in [9.17, 15) is 27.1 Å². The van der Waals surface area contributed by atoms with Crippen molar-refractivity contribution in [3.05, 3.63) is 64.4 Å². The number of phenols is 1. The minimum atomic E-state index is -4.60. The molecule has 0 saturated heterocycles. The number of carbonyl (C=O) groups is 1. The summed E-state index contributed by atoms with van der Waals surface area (Å²) >= 11 is 5.95. The third kappa shape index (κ3) is 4.05. The first-order valence-electron chi connectivity index (χ1n) is 9.31. The van der Waals surface area contributed by atoms with Gasteiger partial charge in [0.15, 0.2) is 17.3 Å². The summed E-state index contributed by atoms with van der Waals surface area (Å²) in [6, 6.07) is 5.19. The molecule has 1 aliphatic rings. The predicted octanol–water partition coefficient (Wildman–Crippen LogP) is 4.43. The van der Waals surface area contributed by atoms with Crippen molar-refractivity contribution in [3.63, 3.8) is 0 Å². The number of rotatable bonds is 1. The van der Waals surface area contributed by atoms with E-state index in [1.54, 1.807) is 0 Å². The molecule has 0 saturated carbocycles. The van der Waals surface area contributed by atoms with E-state index in [4.69, 9.17) is 21.1 Å². The fourth-order valence-electron chi connectivity index (χ4n) is 3.44. The second-order valence-corrected chi connectivity index (χ2v) is 9.15. The molecule has 0 radical (unpaired) electrons. The summed E-state index contributed by atoms with van der Waals surface area (Å²) in [6.45, 7) is 1.45. The smallest absolute Gasteiger partial charge is 0.338 e. The van der Waals surface area contributed by atoms with Crippen LogP contribution in [0.25, 0.3) is 11.1 Å². The highest BCUT2D eigenvalue weighted by atomic mass is 35.5. The van der Waals surface area contributed by atoms with E-state index in [2.05, 4.69) is 9.71 Å². The van der Waals surface area contributed by atoms with E-state index in [-0.39, 0.29) is 27.9 Å². The lowest BCUT2D eigenvalue weighted by atomic mass is 9.98. The van der Waals surface area contributed by atoms with Crippen LogP contribution in [-0.4, -0.2) is 31.6 Å². The monoisotopic (exact) mass is 496 g/mol. The van der Waals surface area contributed by atoms with Gasteiger partial charge in [-0.1, -0.05) is 11.6 Å². The van der Waals surface area contributed by atoms with Crippen LogP contribution in [0.5, 0.6) is 11.5 Å². The van der Waals surface area contributed by atoms with Gasteiger partial charge in [0.1, 0.15) is 11.0 Å². The number of cyclic esters (lactones) is 1. The number of sulfonamides is 1. The molecule has 1 unspecified atom stereocenters. The molecule has 2 N–H and O–H groups in total. The molecular weight excluding hydrogens is 482 g/mol. The number of carbonyl (C=O) groups excluding carboxylic acids is 1. The number of pyridine rings is 1. The molecule has 2 aromatic carbocycles. The molecule has 1 aromatic heterocycles. The number of phenolic OH excluding ortho intramolecular Hbond substituents is 1. The predicted molar refractivity (Wildman–Crippen MR) is 114 cm³/mol. The molecule has 1 aliphatic heterocycles. The first-order chi connectivity index (χ1) is 15.5. The number of nitrogens with zero attached hydrogens (tertiary/aromatic N) is 1. The summed E-state index contributed by atoms with van der Waals surface area (Å²) < 4.78 is 67.5. The van der Waals surface area contributed by atoms with Crippen LogP contribution in [-0.2, 0) is 14.8 Å². The number of hydrogen-bond donors (Lipinski definition) is 2. The third-order valence-electron chi connectivity index (χ3n) is 4.98. The number of ether oxygens (including phenoxy) is 2. The fraction of sp³-hybridized carbons (Fsp3) is 0.143. The molecule has 172 valence electrons. The molecule has 8 nitrogen and oxygen atoms in total. The second-order valence-electron chi connectivity index (χ2n) is 7.09. The quantitative estimate of drug-likeness (QED) is 0.378. The third-order valence-corrected chi connectivity index (χ3v) is 6.65. The normalized spacial score (nSPS) is 16.9. The highest BCUT2D eigenvalue weighted by molar-refractivity contribution is 7.92. The molecule has 0 spiro atoms. The first-order valence-corrected chi connectivity index (χ1v) is 11.2. The van der Waals surface area contributed by atoms with Crippen molar-refractivity contribution in [2.24, 2.45) is 0 Å². The number of benzene rings is 2. The largest absolute Gasteiger partial charge is 0.505 e. The number of aromatic nitrogens is 1. The van der Waals surface area contributed by atoms with Gasteiger partial charge in [-0.05, 0) is 36.8 Å². The molecule has 33 heavy (non-hydrogen) atoms. The zero-order chi connectivity index (χ0) is 24.1. The van der Waals surface area contributed by atoms with Crippen molar-refractivity contribution < 1.29 is 36.6 Å². The highest BCUT2D eigenvalue weighted by Crippen LogP contribution is 2.40. The Bertz CT molecular complexity index is 1410. The van der Waals surface area contributed by atoms with E-state index in [1.807, 2.05) is 0 Å². The van der Waals surface area contributed by atoms with E-state index >= 15 is 0 Å². The Morgan fingerprint density at radius 1 is 1.18 bits per heavy atom. The molecule has 1 atom stereocenters. The van der Waals surface area contributed by atoms with Crippen LogP contribution in [0.3, 0.4) is 0 Å². The van der Waals surface area contributed by atoms with Crippen LogP contribution in [0.15, 0.2) is 41.4 Å². The minimum Gasteiger partial charge on any atom is -0.505 e. The van der Waals surface area contributed by atoms with Crippen LogP contribution in [0.2, 0.25) is 5.02 Å². The van der Waals surface area contributed by atoms with Crippen LogP contribution in [0.4, 0.5) is 14.5 Å². The van der Waals surface area contributed by atoms with Crippen molar-refractivity contribution in [1.29, 1.82) is 0 Å². The molecule has 3 aromatic rings. The number of halogens is 3. The number of hydrogen-bond acceptors (Lipinski definition) is 7. The van der Waals surface area contributed by atoms with Gasteiger partial charge in [0, 0.05) is 23.4 Å². The van der Waals surface area contributed by atoms with Gasteiger partial charge in [0.2, 0.25) is 5.95 Å². The Kier molecular flexibility index (Phi) is 5.62. The summed E-state index contributed by atoms with van der Waals surface area (Å²) in [4.78, 5) is 15.6. The number of esters is 1. The molecular formula is C21H15ClF2N2O6S. The highest BCUT2D eigenvalue weighted by Gasteiger charge is 2.29. The molecule has 2 heterocycles. The molecule has 4 bridgehead atoms. The Labute approximate surface area is 191 Å². The molecule has 12 heteroatoms. The maximum Gasteiger partial charge on any atom is 0.338 e. The number of fused-ring (bicyclic) bond motifs is 6.